The number of carbonyl (C=O) groups is 2. The standard InChI is InChI=1S/C14H24N4O2S.2ClH/c1-8(2)13(15)14(20)17-7-12(19)16-6-5-11-9(3)18-10(4)21-11;;/h8,13H,5-7,15H2,1-4H3,(H,16,19)(H,17,20);2*1H/t13-;;/m0../s1. The first-order valence-electron chi connectivity index (χ1n) is 7.04. The maximum absolute atomic E-state index is 11.6. The number of aryl methyl sites for hydroxylation is 2. The molecule has 1 rings (SSSR count). The fraction of sp³-hybridized carbons (Fsp3) is 0.643. The number of halogens is 2. The minimum atomic E-state index is -0.583. The molecule has 1 aromatic rings. The molecule has 4 N–H and O–H groups in total. The molecule has 2 amide bonds. The number of nitrogens with zero attached hydrogens (tertiary/aromatic N) is 1. The molecule has 0 unspecified atom stereocenters. The van der Waals surface area contributed by atoms with Gasteiger partial charge >= 0.3 is 0 Å². The Balaban J connectivity index is 0. The lowest BCUT2D eigenvalue weighted by Gasteiger charge is -2.15. The van der Waals surface area contributed by atoms with Gasteiger partial charge in [-0.2, -0.15) is 0 Å². The van der Waals surface area contributed by atoms with E-state index < -0.39 is 6.04 Å². The third-order valence-corrected chi connectivity index (χ3v) is 4.25. The number of rotatable bonds is 7. The Kier molecular flexibility index (Phi) is 12.3. The third-order valence-electron chi connectivity index (χ3n) is 3.12. The van der Waals surface area contributed by atoms with Gasteiger partial charge in [0.1, 0.15) is 0 Å². The molecule has 1 heterocycles. The highest BCUT2D eigenvalue weighted by atomic mass is 35.5. The Bertz CT molecular complexity index is 509. The zero-order chi connectivity index (χ0) is 16.0. The molecule has 0 saturated heterocycles. The first kappa shape index (κ1) is 24.4. The highest BCUT2D eigenvalue weighted by Crippen LogP contribution is 2.16. The van der Waals surface area contributed by atoms with Crippen LogP contribution in [0.5, 0.6) is 0 Å². The smallest absolute Gasteiger partial charge is 0.239 e. The molecule has 0 fully saturated rings. The monoisotopic (exact) mass is 384 g/mol. The van der Waals surface area contributed by atoms with Crippen molar-refractivity contribution in [3.63, 3.8) is 0 Å². The van der Waals surface area contributed by atoms with Crippen molar-refractivity contribution in [2.24, 2.45) is 11.7 Å². The van der Waals surface area contributed by atoms with Crippen LogP contribution in [-0.4, -0.2) is 35.9 Å². The van der Waals surface area contributed by atoms with Crippen LogP contribution in [0.25, 0.3) is 0 Å². The molecular formula is C14H26Cl2N4O2S. The molecule has 9 heteroatoms. The number of amides is 2. The average Bonchev–Trinajstić information content (AvgIpc) is 2.73. The number of thiazole rings is 1. The first-order valence-corrected chi connectivity index (χ1v) is 7.85. The number of hydrogen-bond acceptors (Lipinski definition) is 5. The van der Waals surface area contributed by atoms with Gasteiger partial charge in [0.25, 0.3) is 0 Å². The van der Waals surface area contributed by atoms with Crippen molar-refractivity contribution in [2.75, 3.05) is 13.1 Å². The lowest BCUT2D eigenvalue weighted by Crippen LogP contribution is -2.47. The van der Waals surface area contributed by atoms with Crippen LogP contribution in [0, 0.1) is 19.8 Å². The van der Waals surface area contributed by atoms with Crippen LogP contribution in [-0.2, 0) is 16.0 Å². The van der Waals surface area contributed by atoms with E-state index >= 15 is 0 Å². The highest BCUT2D eigenvalue weighted by molar-refractivity contribution is 7.11. The van der Waals surface area contributed by atoms with Crippen molar-refractivity contribution in [2.45, 2.75) is 40.2 Å². The van der Waals surface area contributed by atoms with E-state index in [9.17, 15) is 9.59 Å². The molecule has 0 aliphatic heterocycles. The zero-order valence-electron chi connectivity index (χ0n) is 13.8. The second-order valence-electron chi connectivity index (χ2n) is 5.33. The topological polar surface area (TPSA) is 97.1 Å². The van der Waals surface area contributed by atoms with Gasteiger partial charge in [0, 0.05) is 17.8 Å². The van der Waals surface area contributed by atoms with Gasteiger partial charge < -0.3 is 16.4 Å². The van der Waals surface area contributed by atoms with E-state index in [4.69, 9.17) is 5.73 Å². The fourth-order valence-electron chi connectivity index (χ4n) is 1.77. The Hall–Kier alpha value is -0.890. The Morgan fingerprint density at radius 3 is 2.30 bits per heavy atom. The van der Waals surface area contributed by atoms with Crippen molar-refractivity contribution in [1.29, 1.82) is 0 Å². The van der Waals surface area contributed by atoms with Crippen molar-refractivity contribution in [1.82, 2.24) is 15.6 Å². The second-order valence-corrected chi connectivity index (χ2v) is 6.62. The first-order chi connectivity index (χ1) is 9.81. The van der Waals surface area contributed by atoms with Gasteiger partial charge in [0.2, 0.25) is 11.8 Å². The van der Waals surface area contributed by atoms with Crippen molar-refractivity contribution in [3.8, 4) is 0 Å². The summed E-state index contributed by atoms with van der Waals surface area (Å²) >= 11 is 1.64. The van der Waals surface area contributed by atoms with Crippen molar-refractivity contribution >= 4 is 48.0 Å². The summed E-state index contributed by atoms with van der Waals surface area (Å²) in [6.45, 7) is 8.15. The van der Waals surface area contributed by atoms with Crippen LogP contribution < -0.4 is 16.4 Å². The summed E-state index contributed by atoms with van der Waals surface area (Å²) in [5.41, 5.74) is 6.71. The van der Waals surface area contributed by atoms with Crippen LogP contribution in [0.2, 0.25) is 0 Å². The molecule has 0 aliphatic carbocycles. The SMILES string of the molecule is Cc1nc(C)c(CCNC(=O)CNC(=O)[C@@H](N)C(C)C)s1.Cl.Cl. The van der Waals surface area contributed by atoms with E-state index in [1.807, 2.05) is 27.7 Å². The average molecular weight is 385 g/mol. The highest BCUT2D eigenvalue weighted by Gasteiger charge is 2.17. The largest absolute Gasteiger partial charge is 0.354 e. The predicted octanol–water partition coefficient (Wildman–Crippen LogP) is 1.36. The van der Waals surface area contributed by atoms with Crippen LogP contribution in [0.15, 0.2) is 0 Å². The van der Waals surface area contributed by atoms with E-state index in [0.29, 0.717) is 6.54 Å². The summed E-state index contributed by atoms with van der Waals surface area (Å²) in [7, 11) is 0. The maximum atomic E-state index is 11.6. The van der Waals surface area contributed by atoms with E-state index in [-0.39, 0.29) is 49.1 Å². The minimum absolute atomic E-state index is 0. The summed E-state index contributed by atoms with van der Waals surface area (Å²) in [5, 5.41) is 6.35. The molecule has 0 radical (unpaired) electrons. The van der Waals surface area contributed by atoms with Gasteiger partial charge in [0.15, 0.2) is 0 Å². The molecule has 0 saturated carbocycles. The van der Waals surface area contributed by atoms with E-state index in [1.54, 1.807) is 11.3 Å². The van der Waals surface area contributed by atoms with Crippen LogP contribution >= 0.6 is 36.2 Å². The Labute approximate surface area is 153 Å². The van der Waals surface area contributed by atoms with Crippen molar-refractivity contribution < 1.29 is 9.59 Å². The molecule has 6 nitrogen and oxygen atoms in total. The van der Waals surface area contributed by atoms with Crippen LogP contribution in [0.4, 0.5) is 0 Å². The molecule has 0 spiro atoms. The van der Waals surface area contributed by atoms with E-state index in [2.05, 4.69) is 15.6 Å². The van der Waals surface area contributed by atoms with Gasteiger partial charge in [-0.05, 0) is 19.8 Å². The maximum Gasteiger partial charge on any atom is 0.239 e. The molecule has 1 aromatic heterocycles. The normalized spacial score (nSPS) is 11.2. The van der Waals surface area contributed by atoms with Gasteiger partial charge in [-0.3, -0.25) is 9.59 Å². The second kappa shape index (κ2) is 11.6. The number of hydrogen-bond donors (Lipinski definition) is 3. The third kappa shape index (κ3) is 8.50. The number of aromatic nitrogens is 1. The number of nitrogens with one attached hydrogen (secondary N) is 2. The summed E-state index contributed by atoms with van der Waals surface area (Å²) in [4.78, 5) is 28.8. The predicted molar refractivity (Wildman–Crippen MR) is 98.6 cm³/mol. The summed E-state index contributed by atoms with van der Waals surface area (Å²) in [5.74, 6) is -0.460. The molecule has 0 aliphatic rings. The molecular weight excluding hydrogens is 359 g/mol. The number of nitrogens with two attached hydrogens (primary N) is 1. The van der Waals surface area contributed by atoms with Crippen LogP contribution in [0.1, 0.15) is 29.4 Å². The van der Waals surface area contributed by atoms with E-state index in [0.717, 1.165) is 17.1 Å². The molecule has 23 heavy (non-hydrogen) atoms. The minimum Gasteiger partial charge on any atom is -0.354 e. The van der Waals surface area contributed by atoms with Gasteiger partial charge in [0.05, 0.1) is 23.3 Å². The van der Waals surface area contributed by atoms with E-state index in [1.165, 1.54) is 4.88 Å². The molecule has 134 valence electrons. The van der Waals surface area contributed by atoms with Gasteiger partial charge in [-0.25, -0.2) is 4.98 Å². The Morgan fingerprint density at radius 2 is 1.83 bits per heavy atom. The molecule has 0 bridgehead atoms. The Morgan fingerprint density at radius 1 is 1.22 bits per heavy atom. The zero-order valence-corrected chi connectivity index (χ0v) is 16.3. The molecule has 0 aromatic carbocycles. The lowest BCUT2D eigenvalue weighted by atomic mass is 10.1. The van der Waals surface area contributed by atoms with Gasteiger partial charge in [-0.1, -0.05) is 13.8 Å². The fourth-order valence-corrected chi connectivity index (χ4v) is 2.71. The lowest BCUT2D eigenvalue weighted by molar-refractivity contribution is -0.127. The number of carbonyl (C=O) groups excluding carboxylic acids is 2. The van der Waals surface area contributed by atoms with Crippen LogP contribution in [0.3, 0.4) is 0 Å². The van der Waals surface area contributed by atoms with Crippen molar-refractivity contribution in [3.05, 3.63) is 15.6 Å². The molecule has 1 atom stereocenters. The summed E-state index contributed by atoms with van der Waals surface area (Å²) < 4.78 is 0. The van der Waals surface area contributed by atoms with Gasteiger partial charge in [-0.15, -0.1) is 36.2 Å². The summed E-state index contributed by atoms with van der Waals surface area (Å²) in [6.07, 6.45) is 0.753. The quantitative estimate of drug-likeness (QED) is 0.660. The summed E-state index contributed by atoms with van der Waals surface area (Å²) in [6, 6.07) is -0.583.